The van der Waals surface area contributed by atoms with Gasteiger partial charge in [-0.05, 0) is 24.3 Å². The summed E-state index contributed by atoms with van der Waals surface area (Å²) in [6.45, 7) is 15.4. The van der Waals surface area contributed by atoms with Gasteiger partial charge in [0.1, 0.15) is 0 Å². The van der Waals surface area contributed by atoms with Crippen molar-refractivity contribution in [2.75, 3.05) is 13.2 Å². The molecular formula is C12H31NO. The van der Waals surface area contributed by atoms with Gasteiger partial charge in [-0.25, -0.2) is 0 Å². The molecule has 0 atom stereocenters. The fourth-order valence-corrected chi connectivity index (χ4v) is 0.333. The highest BCUT2D eigenvalue weighted by atomic mass is 16.3. The molecule has 0 spiro atoms. The normalized spacial score (nSPS) is 9.86. The fraction of sp³-hybridized carbons (Fsp3) is 1.00. The third-order valence-corrected chi connectivity index (χ3v) is 1.22. The molecule has 0 aromatic carbocycles. The van der Waals surface area contributed by atoms with Gasteiger partial charge in [-0.2, -0.15) is 0 Å². The lowest BCUT2D eigenvalue weighted by atomic mass is 9.99. The molecule has 14 heavy (non-hydrogen) atoms. The average Bonchev–Trinajstić information content (AvgIpc) is 2.07. The minimum Gasteiger partial charge on any atom is -0.396 e. The van der Waals surface area contributed by atoms with Gasteiger partial charge in [-0.3, -0.25) is 0 Å². The van der Waals surface area contributed by atoms with E-state index in [1.165, 1.54) is 0 Å². The standard InChI is InChI=1S/C5H13N.C5H12O.C2H6/c1-5(2)3-4-6;1-5(2,3)4-6;1-2/h5H,3-4,6H2,1-2H3;6H,4H2,1-3H3;1-2H3. The molecule has 0 aliphatic carbocycles. The fourth-order valence-electron chi connectivity index (χ4n) is 0.333. The van der Waals surface area contributed by atoms with Crippen molar-refractivity contribution in [3.05, 3.63) is 0 Å². The van der Waals surface area contributed by atoms with Gasteiger partial charge in [-0.15, -0.1) is 0 Å². The van der Waals surface area contributed by atoms with Crippen molar-refractivity contribution in [3.8, 4) is 0 Å². The second-order valence-corrected chi connectivity index (χ2v) is 4.69. The highest BCUT2D eigenvalue weighted by Gasteiger charge is 2.05. The maximum Gasteiger partial charge on any atom is 0.0479 e. The Morgan fingerprint density at radius 3 is 1.43 bits per heavy atom. The first kappa shape index (κ1) is 19.5. The molecule has 2 nitrogen and oxygen atoms in total. The van der Waals surface area contributed by atoms with Crippen molar-refractivity contribution in [2.24, 2.45) is 17.1 Å². The van der Waals surface area contributed by atoms with Crippen LogP contribution in [0.2, 0.25) is 0 Å². The molecule has 0 saturated carbocycles. The third-order valence-electron chi connectivity index (χ3n) is 1.22. The lowest BCUT2D eigenvalue weighted by Crippen LogP contribution is -2.09. The van der Waals surface area contributed by atoms with Crippen LogP contribution in [0.25, 0.3) is 0 Å². The van der Waals surface area contributed by atoms with E-state index in [0.29, 0.717) is 0 Å². The Morgan fingerprint density at radius 2 is 1.43 bits per heavy atom. The zero-order valence-corrected chi connectivity index (χ0v) is 11.2. The largest absolute Gasteiger partial charge is 0.396 e. The summed E-state index contributed by atoms with van der Waals surface area (Å²) in [5, 5.41) is 8.40. The Hall–Kier alpha value is -0.0800. The molecule has 0 aromatic heterocycles. The van der Waals surface area contributed by atoms with Crippen LogP contribution >= 0.6 is 0 Å². The highest BCUT2D eigenvalue weighted by Crippen LogP contribution is 2.09. The number of aliphatic hydroxyl groups is 1. The van der Waals surface area contributed by atoms with E-state index in [1.807, 2.05) is 34.6 Å². The van der Waals surface area contributed by atoms with Crippen LogP contribution < -0.4 is 5.73 Å². The Labute approximate surface area is 90.9 Å². The molecule has 3 N–H and O–H groups in total. The van der Waals surface area contributed by atoms with E-state index in [9.17, 15) is 0 Å². The molecule has 0 bridgehead atoms. The maximum atomic E-state index is 8.40. The van der Waals surface area contributed by atoms with Gasteiger partial charge in [0, 0.05) is 6.61 Å². The maximum absolute atomic E-state index is 8.40. The monoisotopic (exact) mass is 205 g/mol. The minimum atomic E-state index is 0.0972. The van der Waals surface area contributed by atoms with Crippen LogP contribution in [0.4, 0.5) is 0 Å². The molecule has 0 radical (unpaired) electrons. The first-order chi connectivity index (χ1) is 6.33. The highest BCUT2D eigenvalue weighted by molar-refractivity contribution is 4.55. The molecule has 90 valence electrons. The van der Waals surface area contributed by atoms with Crippen LogP contribution in [-0.2, 0) is 0 Å². The Kier molecular flexibility index (Phi) is 18.0. The van der Waals surface area contributed by atoms with Crippen molar-refractivity contribution in [2.45, 2.75) is 54.9 Å². The van der Waals surface area contributed by atoms with E-state index in [2.05, 4.69) is 13.8 Å². The van der Waals surface area contributed by atoms with Gasteiger partial charge >= 0.3 is 0 Å². The molecule has 0 aromatic rings. The number of rotatable bonds is 2. The second-order valence-electron chi connectivity index (χ2n) is 4.69. The van der Waals surface area contributed by atoms with Crippen molar-refractivity contribution >= 4 is 0 Å². The van der Waals surface area contributed by atoms with Gasteiger partial charge in [0.2, 0.25) is 0 Å². The minimum absolute atomic E-state index is 0.0972. The number of hydrogen-bond acceptors (Lipinski definition) is 2. The van der Waals surface area contributed by atoms with Crippen LogP contribution in [0.15, 0.2) is 0 Å². The van der Waals surface area contributed by atoms with Crippen LogP contribution in [0.3, 0.4) is 0 Å². The van der Waals surface area contributed by atoms with E-state index < -0.39 is 0 Å². The lowest BCUT2D eigenvalue weighted by molar-refractivity contribution is 0.177. The summed E-state index contributed by atoms with van der Waals surface area (Å²) in [5.41, 5.74) is 5.33. The summed E-state index contributed by atoms with van der Waals surface area (Å²) in [7, 11) is 0. The van der Waals surface area contributed by atoms with Crippen LogP contribution in [0.1, 0.15) is 54.9 Å². The summed E-state index contributed by atoms with van der Waals surface area (Å²) < 4.78 is 0. The van der Waals surface area contributed by atoms with Crippen LogP contribution in [0.5, 0.6) is 0 Å². The first-order valence-corrected chi connectivity index (χ1v) is 5.64. The van der Waals surface area contributed by atoms with Crippen molar-refractivity contribution in [1.82, 2.24) is 0 Å². The number of hydrogen-bond donors (Lipinski definition) is 2. The quantitative estimate of drug-likeness (QED) is 0.728. The van der Waals surface area contributed by atoms with Gasteiger partial charge in [0.05, 0.1) is 0 Å². The SMILES string of the molecule is CC.CC(C)(C)CO.CC(C)CCN. The van der Waals surface area contributed by atoms with E-state index in [-0.39, 0.29) is 12.0 Å². The molecule has 2 heteroatoms. The zero-order valence-electron chi connectivity index (χ0n) is 11.2. The summed E-state index contributed by atoms with van der Waals surface area (Å²) >= 11 is 0. The summed E-state index contributed by atoms with van der Waals surface area (Å²) in [5.74, 6) is 0.773. The lowest BCUT2D eigenvalue weighted by Gasteiger charge is -2.11. The van der Waals surface area contributed by atoms with Gasteiger partial charge in [-0.1, -0.05) is 48.5 Å². The molecule has 0 rings (SSSR count). The Bertz CT molecular complexity index is 84.8. The van der Waals surface area contributed by atoms with Gasteiger partial charge in [0.25, 0.3) is 0 Å². The predicted molar refractivity (Wildman–Crippen MR) is 66.4 cm³/mol. The third kappa shape index (κ3) is 40.6. The molecule has 0 fully saturated rings. The second kappa shape index (κ2) is 12.9. The van der Waals surface area contributed by atoms with E-state index in [0.717, 1.165) is 18.9 Å². The van der Waals surface area contributed by atoms with Gasteiger partial charge in [0.15, 0.2) is 0 Å². The molecular weight excluding hydrogens is 174 g/mol. The Morgan fingerprint density at radius 1 is 1.14 bits per heavy atom. The molecule has 0 aliphatic rings. The molecule has 0 amide bonds. The predicted octanol–water partition coefficient (Wildman–Crippen LogP) is 3.04. The van der Waals surface area contributed by atoms with Crippen LogP contribution in [-0.4, -0.2) is 18.3 Å². The first-order valence-electron chi connectivity index (χ1n) is 5.64. The van der Waals surface area contributed by atoms with Crippen molar-refractivity contribution in [1.29, 1.82) is 0 Å². The van der Waals surface area contributed by atoms with E-state index in [4.69, 9.17) is 10.8 Å². The van der Waals surface area contributed by atoms with E-state index >= 15 is 0 Å². The number of aliphatic hydroxyl groups excluding tert-OH is 1. The summed E-state index contributed by atoms with van der Waals surface area (Å²) in [4.78, 5) is 0. The van der Waals surface area contributed by atoms with E-state index in [1.54, 1.807) is 0 Å². The van der Waals surface area contributed by atoms with Gasteiger partial charge < -0.3 is 10.8 Å². The molecule has 0 saturated heterocycles. The van der Waals surface area contributed by atoms with Crippen molar-refractivity contribution in [3.63, 3.8) is 0 Å². The smallest absolute Gasteiger partial charge is 0.0479 e. The topological polar surface area (TPSA) is 46.2 Å². The van der Waals surface area contributed by atoms with Crippen molar-refractivity contribution < 1.29 is 5.11 Å². The molecule has 0 unspecified atom stereocenters. The summed E-state index contributed by atoms with van der Waals surface area (Å²) in [6, 6.07) is 0. The van der Waals surface area contributed by atoms with Crippen LogP contribution in [0, 0.1) is 11.3 Å². The molecule has 0 aliphatic heterocycles. The zero-order chi connectivity index (χ0) is 12.2. The Balaban J connectivity index is -0.000000147. The number of nitrogens with two attached hydrogens (primary N) is 1. The average molecular weight is 205 g/mol. The molecule has 0 heterocycles. The summed E-state index contributed by atoms with van der Waals surface area (Å²) in [6.07, 6.45) is 1.15.